The first-order chi connectivity index (χ1) is 9.24. The Morgan fingerprint density at radius 3 is 2.63 bits per heavy atom. The maximum absolute atomic E-state index is 5.20. The number of hydrogen-bond acceptors (Lipinski definition) is 3. The Labute approximate surface area is 121 Å². The molecule has 1 fully saturated rings. The average molecular weight is 279 g/mol. The minimum atomic E-state index is 0.704. The Morgan fingerprint density at radius 1 is 1.26 bits per heavy atom. The minimum absolute atomic E-state index is 0.704. The Kier molecular flexibility index (Phi) is 5.59. The molecule has 3 atom stereocenters. The maximum Gasteiger partial charge on any atom is 0.118 e. The molecule has 1 aliphatic carbocycles. The molecule has 0 aliphatic heterocycles. The van der Waals surface area contributed by atoms with Gasteiger partial charge in [0.25, 0.3) is 0 Å². The van der Waals surface area contributed by atoms with E-state index in [1.807, 2.05) is 11.8 Å². The van der Waals surface area contributed by atoms with Crippen molar-refractivity contribution in [2.24, 2.45) is 5.92 Å². The summed E-state index contributed by atoms with van der Waals surface area (Å²) in [4.78, 5) is 1.36. The van der Waals surface area contributed by atoms with Crippen LogP contribution in [0.1, 0.15) is 33.1 Å². The van der Waals surface area contributed by atoms with E-state index in [1.165, 1.54) is 24.2 Å². The van der Waals surface area contributed by atoms with Crippen LogP contribution in [0.25, 0.3) is 0 Å². The van der Waals surface area contributed by atoms with Crippen molar-refractivity contribution < 1.29 is 4.74 Å². The number of methoxy groups -OCH3 is 1. The summed E-state index contributed by atoms with van der Waals surface area (Å²) in [7, 11) is 1.71. The summed E-state index contributed by atoms with van der Waals surface area (Å²) >= 11 is 2.02. The molecule has 1 aromatic rings. The molecule has 19 heavy (non-hydrogen) atoms. The molecule has 3 unspecified atom stereocenters. The molecule has 0 aromatic heterocycles. The van der Waals surface area contributed by atoms with Gasteiger partial charge in [0.15, 0.2) is 0 Å². The molecule has 106 valence electrons. The normalized spacial score (nSPS) is 26.6. The predicted octanol–water partition coefficient (Wildman–Crippen LogP) is 3.95. The van der Waals surface area contributed by atoms with Crippen molar-refractivity contribution >= 4 is 11.8 Å². The quantitative estimate of drug-likeness (QED) is 0.852. The van der Waals surface area contributed by atoms with Crippen LogP contribution in [0.15, 0.2) is 29.2 Å². The first-order valence-corrected chi connectivity index (χ1v) is 8.16. The summed E-state index contributed by atoms with van der Waals surface area (Å²) in [6.07, 6.45) is 3.85. The van der Waals surface area contributed by atoms with Gasteiger partial charge in [-0.05, 0) is 56.0 Å². The molecule has 2 rings (SSSR count). The van der Waals surface area contributed by atoms with Crippen LogP contribution in [-0.4, -0.2) is 24.9 Å². The van der Waals surface area contributed by atoms with Gasteiger partial charge >= 0.3 is 0 Å². The zero-order valence-electron chi connectivity index (χ0n) is 12.2. The molecule has 0 amide bonds. The van der Waals surface area contributed by atoms with Crippen molar-refractivity contribution in [3.05, 3.63) is 24.3 Å². The molecule has 1 aromatic carbocycles. The molecule has 0 spiro atoms. The zero-order valence-corrected chi connectivity index (χ0v) is 13.0. The van der Waals surface area contributed by atoms with Crippen molar-refractivity contribution in [2.45, 2.75) is 49.3 Å². The highest BCUT2D eigenvalue weighted by atomic mass is 32.2. The van der Waals surface area contributed by atoms with E-state index in [0.29, 0.717) is 6.04 Å². The second-order valence-electron chi connectivity index (χ2n) is 5.33. The van der Waals surface area contributed by atoms with E-state index in [0.717, 1.165) is 23.5 Å². The maximum atomic E-state index is 5.20. The molecule has 0 heterocycles. The number of benzene rings is 1. The second-order valence-corrected chi connectivity index (χ2v) is 6.64. The van der Waals surface area contributed by atoms with Crippen LogP contribution in [0, 0.1) is 5.92 Å². The Hall–Kier alpha value is -0.670. The van der Waals surface area contributed by atoms with Crippen molar-refractivity contribution in [3.63, 3.8) is 0 Å². The molecule has 0 radical (unpaired) electrons. The lowest BCUT2D eigenvalue weighted by Gasteiger charge is -2.21. The first kappa shape index (κ1) is 14.7. The summed E-state index contributed by atoms with van der Waals surface area (Å²) in [5, 5.41) is 4.42. The highest BCUT2D eigenvalue weighted by Gasteiger charge is 2.32. The van der Waals surface area contributed by atoms with E-state index in [9.17, 15) is 0 Å². The second kappa shape index (κ2) is 7.20. The smallest absolute Gasteiger partial charge is 0.118 e. The van der Waals surface area contributed by atoms with Gasteiger partial charge in [-0.15, -0.1) is 11.8 Å². The number of thioether (sulfide) groups is 1. The molecular weight excluding hydrogens is 254 g/mol. The van der Waals surface area contributed by atoms with Crippen LogP contribution in [-0.2, 0) is 0 Å². The summed E-state index contributed by atoms with van der Waals surface area (Å²) in [6, 6.07) is 9.14. The van der Waals surface area contributed by atoms with Crippen molar-refractivity contribution in [3.8, 4) is 5.75 Å². The summed E-state index contributed by atoms with van der Waals surface area (Å²) < 4.78 is 5.20. The van der Waals surface area contributed by atoms with Gasteiger partial charge in [0.2, 0.25) is 0 Å². The molecule has 1 N–H and O–H groups in total. The molecule has 3 heteroatoms. The lowest BCUT2D eigenvalue weighted by atomic mass is 10.1. The van der Waals surface area contributed by atoms with E-state index < -0.39 is 0 Å². The largest absolute Gasteiger partial charge is 0.497 e. The lowest BCUT2D eigenvalue weighted by molar-refractivity contribution is 0.414. The Balaban J connectivity index is 1.88. The van der Waals surface area contributed by atoms with Gasteiger partial charge in [0.05, 0.1) is 7.11 Å². The summed E-state index contributed by atoms with van der Waals surface area (Å²) in [6.45, 7) is 5.77. The van der Waals surface area contributed by atoms with E-state index >= 15 is 0 Å². The van der Waals surface area contributed by atoms with Crippen LogP contribution < -0.4 is 10.1 Å². The lowest BCUT2D eigenvalue weighted by Crippen LogP contribution is -2.33. The van der Waals surface area contributed by atoms with Gasteiger partial charge in [-0.3, -0.25) is 0 Å². The highest BCUT2D eigenvalue weighted by Crippen LogP contribution is 2.39. The predicted molar refractivity (Wildman–Crippen MR) is 83.1 cm³/mol. The van der Waals surface area contributed by atoms with E-state index in [-0.39, 0.29) is 0 Å². The van der Waals surface area contributed by atoms with Gasteiger partial charge in [-0.25, -0.2) is 0 Å². The SMILES string of the molecule is CCCNC1CCC(Sc2ccc(OC)cc2)C1C. The third kappa shape index (κ3) is 3.90. The number of ether oxygens (including phenoxy) is 1. The van der Waals surface area contributed by atoms with E-state index in [2.05, 4.69) is 43.4 Å². The van der Waals surface area contributed by atoms with Gasteiger partial charge in [0.1, 0.15) is 5.75 Å². The molecule has 2 nitrogen and oxygen atoms in total. The van der Waals surface area contributed by atoms with E-state index in [1.54, 1.807) is 7.11 Å². The fourth-order valence-electron chi connectivity index (χ4n) is 2.74. The van der Waals surface area contributed by atoms with Crippen LogP contribution in [0.2, 0.25) is 0 Å². The number of nitrogens with one attached hydrogen (secondary N) is 1. The highest BCUT2D eigenvalue weighted by molar-refractivity contribution is 8.00. The first-order valence-electron chi connectivity index (χ1n) is 7.28. The summed E-state index contributed by atoms with van der Waals surface area (Å²) in [5.41, 5.74) is 0. The average Bonchev–Trinajstić information content (AvgIpc) is 2.78. The van der Waals surface area contributed by atoms with Gasteiger partial charge in [-0.2, -0.15) is 0 Å². The van der Waals surface area contributed by atoms with Gasteiger partial charge in [-0.1, -0.05) is 13.8 Å². The van der Waals surface area contributed by atoms with Crippen molar-refractivity contribution in [1.29, 1.82) is 0 Å². The zero-order chi connectivity index (χ0) is 13.7. The van der Waals surface area contributed by atoms with Gasteiger partial charge < -0.3 is 10.1 Å². The topological polar surface area (TPSA) is 21.3 Å². The van der Waals surface area contributed by atoms with Crippen LogP contribution in [0.3, 0.4) is 0 Å². The van der Waals surface area contributed by atoms with Crippen LogP contribution in [0.5, 0.6) is 5.75 Å². The molecule has 0 bridgehead atoms. The van der Waals surface area contributed by atoms with Crippen LogP contribution >= 0.6 is 11.8 Å². The van der Waals surface area contributed by atoms with Gasteiger partial charge in [0, 0.05) is 16.2 Å². The monoisotopic (exact) mass is 279 g/mol. The van der Waals surface area contributed by atoms with Crippen molar-refractivity contribution in [1.82, 2.24) is 5.32 Å². The third-order valence-electron chi connectivity index (χ3n) is 3.99. The fourth-order valence-corrected chi connectivity index (χ4v) is 4.04. The van der Waals surface area contributed by atoms with Crippen LogP contribution in [0.4, 0.5) is 0 Å². The molecule has 1 aliphatic rings. The standard InChI is InChI=1S/C16H25NOS/c1-4-11-17-15-9-10-16(12(15)2)19-14-7-5-13(18-3)6-8-14/h5-8,12,15-17H,4,9-11H2,1-3H3. The summed E-state index contributed by atoms with van der Waals surface area (Å²) in [5.74, 6) is 1.69. The molecule has 0 saturated heterocycles. The fraction of sp³-hybridized carbons (Fsp3) is 0.625. The number of rotatable bonds is 6. The third-order valence-corrected chi connectivity index (χ3v) is 5.50. The minimum Gasteiger partial charge on any atom is -0.497 e. The molecular formula is C16H25NOS. The Bertz CT molecular complexity index is 379. The van der Waals surface area contributed by atoms with E-state index in [4.69, 9.17) is 4.74 Å². The Morgan fingerprint density at radius 2 is 2.00 bits per heavy atom. The van der Waals surface area contributed by atoms with Crippen molar-refractivity contribution in [2.75, 3.05) is 13.7 Å². The number of hydrogen-bond donors (Lipinski definition) is 1. The molecule has 1 saturated carbocycles.